The highest BCUT2D eigenvalue weighted by Crippen LogP contribution is 2.43. The molecule has 1 saturated heterocycles. The molecule has 0 aromatic heterocycles. The van der Waals surface area contributed by atoms with Gasteiger partial charge in [0.05, 0.1) is 12.2 Å². The lowest BCUT2D eigenvalue weighted by Gasteiger charge is -2.22. The van der Waals surface area contributed by atoms with Gasteiger partial charge < -0.3 is 14.6 Å². The van der Waals surface area contributed by atoms with Crippen LogP contribution in [0.5, 0.6) is 0 Å². The molecule has 1 aromatic rings. The minimum absolute atomic E-state index is 0.0138. The van der Waals surface area contributed by atoms with Gasteiger partial charge in [-0.05, 0) is 30.9 Å². The molecule has 4 heteroatoms. The SMILES string of the molecule is OCC[C@H]1OC2(CCCC2)O[C@@H]1Cc1ccccc1Cl. The predicted octanol–water partition coefficient (Wildman–Crippen LogP) is 3.32. The van der Waals surface area contributed by atoms with E-state index in [9.17, 15) is 5.11 Å². The molecule has 1 aliphatic carbocycles. The molecule has 0 unspecified atom stereocenters. The Morgan fingerprint density at radius 1 is 1.15 bits per heavy atom. The summed E-state index contributed by atoms with van der Waals surface area (Å²) < 4.78 is 12.4. The molecule has 1 spiro atoms. The summed E-state index contributed by atoms with van der Waals surface area (Å²) in [7, 11) is 0. The van der Waals surface area contributed by atoms with Gasteiger partial charge in [0.2, 0.25) is 0 Å². The van der Waals surface area contributed by atoms with E-state index in [1.54, 1.807) is 0 Å². The summed E-state index contributed by atoms with van der Waals surface area (Å²) >= 11 is 6.23. The summed E-state index contributed by atoms with van der Waals surface area (Å²) in [6, 6.07) is 7.85. The van der Waals surface area contributed by atoms with Crippen LogP contribution in [0.3, 0.4) is 0 Å². The third-order valence-corrected chi connectivity index (χ3v) is 4.67. The number of rotatable bonds is 4. The van der Waals surface area contributed by atoms with Crippen molar-refractivity contribution in [3.8, 4) is 0 Å². The van der Waals surface area contributed by atoms with Crippen LogP contribution in [0.1, 0.15) is 37.7 Å². The molecule has 1 aromatic carbocycles. The van der Waals surface area contributed by atoms with Crippen molar-refractivity contribution in [2.75, 3.05) is 6.61 Å². The fraction of sp³-hybridized carbons (Fsp3) is 0.625. The van der Waals surface area contributed by atoms with Crippen LogP contribution in [0, 0.1) is 0 Å². The Kier molecular flexibility index (Phi) is 4.32. The highest BCUT2D eigenvalue weighted by molar-refractivity contribution is 6.31. The van der Waals surface area contributed by atoms with E-state index < -0.39 is 5.79 Å². The van der Waals surface area contributed by atoms with E-state index in [-0.39, 0.29) is 18.8 Å². The van der Waals surface area contributed by atoms with E-state index in [0.29, 0.717) is 6.42 Å². The van der Waals surface area contributed by atoms with Gasteiger partial charge in [0.15, 0.2) is 5.79 Å². The Morgan fingerprint density at radius 3 is 2.55 bits per heavy atom. The first-order valence-electron chi connectivity index (χ1n) is 7.42. The van der Waals surface area contributed by atoms with Crippen molar-refractivity contribution in [3.05, 3.63) is 34.9 Å². The van der Waals surface area contributed by atoms with Gasteiger partial charge in [-0.25, -0.2) is 0 Å². The van der Waals surface area contributed by atoms with Crippen molar-refractivity contribution in [2.45, 2.75) is 56.5 Å². The molecule has 2 atom stereocenters. The van der Waals surface area contributed by atoms with Gasteiger partial charge in [0, 0.05) is 30.9 Å². The van der Waals surface area contributed by atoms with Crippen LogP contribution >= 0.6 is 11.6 Å². The monoisotopic (exact) mass is 296 g/mol. The van der Waals surface area contributed by atoms with Gasteiger partial charge in [0.25, 0.3) is 0 Å². The zero-order chi connectivity index (χ0) is 14.0. The third-order valence-electron chi connectivity index (χ3n) is 4.30. The topological polar surface area (TPSA) is 38.7 Å². The summed E-state index contributed by atoms with van der Waals surface area (Å²) in [5.74, 6) is -0.397. The van der Waals surface area contributed by atoms with Gasteiger partial charge in [0.1, 0.15) is 0 Å². The van der Waals surface area contributed by atoms with Gasteiger partial charge >= 0.3 is 0 Å². The van der Waals surface area contributed by atoms with Crippen LogP contribution in [0.25, 0.3) is 0 Å². The van der Waals surface area contributed by atoms with Crippen LogP contribution < -0.4 is 0 Å². The Bertz CT molecular complexity index is 457. The molecular formula is C16H21ClO3. The van der Waals surface area contributed by atoms with Crippen molar-refractivity contribution >= 4 is 11.6 Å². The molecule has 0 amide bonds. The number of aliphatic hydroxyl groups is 1. The van der Waals surface area contributed by atoms with Gasteiger partial charge in [-0.1, -0.05) is 29.8 Å². The van der Waals surface area contributed by atoms with E-state index in [1.807, 2.05) is 24.3 Å². The van der Waals surface area contributed by atoms with Crippen molar-refractivity contribution in [2.24, 2.45) is 0 Å². The van der Waals surface area contributed by atoms with Crippen molar-refractivity contribution < 1.29 is 14.6 Å². The number of halogens is 1. The van der Waals surface area contributed by atoms with E-state index in [0.717, 1.165) is 42.7 Å². The molecule has 0 radical (unpaired) electrons. The van der Waals surface area contributed by atoms with Crippen LogP contribution in [0.4, 0.5) is 0 Å². The lowest BCUT2D eigenvalue weighted by Crippen LogP contribution is -2.27. The van der Waals surface area contributed by atoms with Gasteiger partial charge in [-0.3, -0.25) is 0 Å². The molecular weight excluding hydrogens is 276 g/mol. The van der Waals surface area contributed by atoms with E-state index in [2.05, 4.69) is 0 Å². The molecule has 1 aliphatic heterocycles. The van der Waals surface area contributed by atoms with E-state index in [4.69, 9.17) is 21.1 Å². The van der Waals surface area contributed by atoms with Crippen LogP contribution in [-0.4, -0.2) is 29.7 Å². The minimum Gasteiger partial charge on any atom is -0.396 e. The lowest BCUT2D eigenvalue weighted by atomic mass is 10.0. The highest BCUT2D eigenvalue weighted by Gasteiger charge is 2.48. The zero-order valence-corrected chi connectivity index (χ0v) is 12.3. The molecule has 1 N–H and O–H groups in total. The molecule has 2 fully saturated rings. The zero-order valence-electron chi connectivity index (χ0n) is 11.6. The Balaban J connectivity index is 1.74. The molecule has 3 rings (SSSR count). The fourth-order valence-corrected chi connectivity index (χ4v) is 3.52. The van der Waals surface area contributed by atoms with Crippen LogP contribution in [0.2, 0.25) is 5.02 Å². The standard InChI is InChI=1S/C16H21ClO3/c17-13-6-2-1-5-12(13)11-15-14(7-10-18)19-16(20-15)8-3-4-9-16/h1-2,5-6,14-15,18H,3-4,7-11H2/t14-,15-/m1/s1. The average molecular weight is 297 g/mol. The number of ether oxygens (including phenoxy) is 2. The molecule has 20 heavy (non-hydrogen) atoms. The molecule has 110 valence electrons. The van der Waals surface area contributed by atoms with Gasteiger partial charge in [-0.15, -0.1) is 0 Å². The summed E-state index contributed by atoms with van der Waals surface area (Å²) in [5.41, 5.74) is 1.08. The normalized spacial score (nSPS) is 28.3. The van der Waals surface area contributed by atoms with Crippen molar-refractivity contribution in [1.29, 1.82) is 0 Å². The highest BCUT2D eigenvalue weighted by atomic mass is 35.5. The van der Waals surface area contributed by atoms with E-state index in [1.165, 1.54) is 0 Å². The molecule has 1 saturated carbocycles. The van der Waals surface area contributed by atoms with Gasteiger partial charge in [-0.2, -0.15) is 0 Å². The average Bonchev–Trinajstić information content (AvgIpc) is 3.01. The first-order chi connectivity index (χ1) is 9.72. The van der Waals surface area contributed by atoms with Crippen LogP contribution in [0.15, 0.2) is 24.3 Å². The number of hydrogen-bond donors (Lipinski definition) is 1. The minimum atomic E-state index is -0.397. The number of hydrogen-bond acceptors (Lipinski definition) is 3. The van der Waals surface area contributed by atoms with Crippen molar-refractivity contribution in [1.82, 2.24) is 0 Å². The second kappa shape index (κ2) is 6.02. The fourth-order valence-electron chi connectivity index (χ4n) is 3.31. The van der Waals surface area contributed by atoms with Crippen LogP contribution in [-0.2, 0) is 15.9 Å². The smallest absolute Gasteiger partial charge is 0.169 e. The Labute approximate surface area is 124 Å². The molecule has 2 aliphatic rings. The largest absolute Gasteiger partial charge is 0.396 e. The summed E-state index contributed by atoms with van der Waals surface area (Å²) in [6.45, 7) is 0.128. The number of benzene rings is 1. The second-order valence-electron chi connectivity index (χ2n) is 5.74. The Hall–Kier alpha value is -0.610. The third kappa shape index (κ3) is 2.86. The second-order valence-corrected chi connectivity index (χ2v) is 6.15. The molecule has 0 bridgehead atoms. The first-order valence-corrected chi connectivity index (χ1v) is 7.80. The molecule has 3 nitrogen and oxygen atoms in total. The maximum absolute atomic E-state index is 9.23. The number of aliphatic hydroxyl groups excluding tert-OH is 1. The molecule has 1 heterocycles. The predicted molar refractivity (Wildman–Crippen MR) is 77.8 cm³/mol. The quantitative estimate of drug-likeness (QED) is 0.926. The summed E-state index contributed by atoms with van der Waals surface area (Å²) in [4.78, 5) is 0. The Morgan fingerprint density at radius 2 is 1.85 bits per heavy atom. The van der Waals surface area contributed by atoms with Crippen molar-refractivity contribution in [3.63, 3.8) is 0 Å². The maximum Gasteiger partial charge on any atom is 0.169 e. The summed E-state index contributed by atoms with van der Waals surface area (Å²) in [6.07, 6.45) is 5.56. The summed E-state index contributed by atoms with van der Waals surface area (Å²) in [5, 5.41) is 10.0. The maximum atomic E-state index is 9.23. The lowest BCUT2D eigenvalue weighted by molar-refractivity contribution is -0.169. The van der Waals surface area contributed by atoms with E-state index >= 15 is 0 Å². The first kappa shape index (κ1) is 14.3.